The third kappa shape index (κ3) is 3.07. The molecule has 1 aromatic rings. The van der Waals surface area contributed by atoms with Gasteiger partial charge in [0.1, 0.15) is 5.56 Å². The largest absolute Gasteiger partial charge is 0.354 e. The highest BCUT2D eigenvalue weighted by Crippen LogP contribution is 2.05. The lowest BCUT2D eigenvalue weighted by molar-refractivity contribution is 0.122. The maximum atomic E-state index is 5.67. The van der Waals surface area contributed by atoms with Gasteiger partial charge in [-0.05, 0) is 11.6 Å². The van der Waals surface area contributed by atoms with E-state index in [1.54, 1.807) is 6.08 Å². The van der Waals surface area contributed by atoms with Gasteiger partial charge in [-0.15, -0.1) is 0 Å². The van der Waals surface area contributed by atoms with E-state index in [4.69, 9.17) is 16.3 Å². The van der Waals surface area contributed by atoms with Crippen LogP contribution in [-0.4, -0.2) is 5.56 Å². The van der Waals surface area contributed by atoms with Crippen LogP contribution in [0.1, 0.15) is 5.56 Å². The van der Waals surface area contributed by atoms with E-state index < -0.39 is 5.56 Å². The third-order valence-electron chi connectivity index (χ3n) is 1.44. The van der Waals surface area contributed by atoms with Crippen LogP contribution in [0.3, 0.4) is 0 Å². The molecule has 64 valence electrons. The number of hydrogen-bond acceptors (Lipinski definition) is 1. The molecule has 1 rings (SSSR count). The number of halogens is 1. The summed E-state index contributed by atoms with van der Waals surface area (Å²) < 4.78 is 5.22. The number of alkyl halides is 1. The van der Waals surface area contributed by atoms with Gasteiger partial charge in [0.05, 0.1) is 6.61 Å². The van der Waals surface area contributed by atoms with Gasteiger partial charge < -0.3 is 4.74 Å². The molecular formula is C10H11ClO. The first-order valence-electron chi connectivity index (χ1n) is 3.75. The molecule has 0 saturated heterocycles. The fourth-order valence-electron chi connectivity index (χ4n) is 0.818. The molecule has 0 saturated carbocycles. The molecular weight excluding hydrogens is 172 g/mol. The number of ether oxygens (including phenoxy) is 1. The standard InChI is InChI=1S/C10H11ClO/c1-2-10(11)12-8-9-6-4-3-5-7-9/h2-7,10H,1,8H2. The van der Waals surface area contributed by atoms with E-state index in [-0.39, 0.29) is 0 Å². The second-order valence-corrected chi connectivity index (χ2v) is 2.81. The van der Waals surface area contributed by atoms with Crippen molar-refractivity contribution in [1.29, 1.82) is 0 Å². The topological polar surface area (TPSA) is 9.23 Å². The molecule has 1 atom stereocenters. The molecule has 0 aromatic heterocycles. The Morgan fingerprint density at radius 2 is 2.08 bits per heavy atom. The van der Waals surface area contributed by atoms with Gasteiger partial charge in [0, 0.05) is 0 Å². The van der Waals surface area contributed by atoms with E-state index in [0.717, 1.165) is 5.56 Å². The summed E-state index contributed by atoms with van der Waals surface area (Å²) in [6, 6.07) is 9.89. The van der Waals surface area contributed by atoms with Crippen molar-refractivity contribution in [2.24, 2.45) is 0 Å². The maximum Gasteiger partial charge on any atom is 0.150 e. The zero-order chi connectivity index (χ0) is 8.81. The van der Waals surface area contributed by atoms with Gasteiger partial charge in [0.25, 0.3) is 0 Å². The lowest BCUT2D eigenvalue weighted by Gasteiger charge is -2.05. The summed E-state index contributed by atoms with van der Waals surface area (Å²) >= 11 is 5.67. The van der Waals surface area contributed by atoms with Crippen molar-refractivity contribution in [1.82, 2.24) is 0 Å². The van der Waals surface area contributed by atoms with Crippen molar-refractivity contribution in [3.8, 4) is 0 Å². The smallest absolute Gasteiger partial charge is 0.150 e. The van der Waals surface area contributed by atoms with Crippen LogP contribution in [0.15, 0.2) is 43.0 Å². The predicted octanol–water partition coefficient (Wildman–Crippen LogP) is 2.95. The summed E-state index contributed by atoms with van der Waals surface area (Å²) in [4.78, 5) is 0. The molecule has 0 spiro atoms. The molecule has 12 heavy (non-hydrogen) atoms. The maximum absolute atomic E-state index is 5.67. The minimum Gasteiger partial charge on any atom is -0.354 e. The molecule has 0 heterocycles. The Bertz CT molecular complexity index is 233. The molecule has 0 fully saturated rings. The predicted molar refractivity (Wildman–Crippen MR) is 51.1 cm³/mol. The average molecular weight is 183 g/mol. The van der Waals surface area contributed by atoms with Gasteiger partial charge in [-0.3, -0.25) is 0 Å². The highest BCUT2D eigenvalue weighted by molar-refractivity contribution is 6.20. The summed E-state index contributed by atoms with van der Waals surface area (Å²) in [7, 11) is 0. The Hall–Kier alpha value is -0.790. The first-order valence-corrected chi connectivity index (χ1v) is 4.18. The Morgan fingerprint density at radius 1 is 1.42 bits per heavy atom. The quantitative estimate of drug-likeness (QED) is 0.514. The van der Waals surface area contributed by atoms with E-state index in [1.807, 2.05) is 30.3 Å². The molecule has 0 aliphatic heterocycles. The molecule has 0 aliphatic rings. The second-order valence-electron chi connectivity index (χ2n) is 2.38. The van der Waals surface area contributed by atoms with Gasteiger partial charge in [-0.25, -0.2) is 0 Å². The van der Waals surface area contributed by atoms with E-state index in [2.05, 4.69) is 6.58 Å². The molecule has 1 nitrogen and oxygen atoms in total. The average Bonchev–Trinajstić information content (AvgIpc) is 2.16. The van der Waals surface area contributed by atoms with Crippen LogP contribution in [0.2, 0.25) is 0 Å². The fourth-order valence-corrected chi connectivity index (χ4v) is 0.881. The van der Waals surface area contributed by atoms with Crippen molar-refractivity contribution in [2.45, 2.75) is 12.2 Å². The summed E-state index contributed by atoms with van der Waals surface area (Å²) in [5.74, 6) is 0. The lowest BCUT2D eigenvalue weighted by Crippen LogP contribution is -2.00. The van der Waals surface area contributed by atoms with Gasteiger partial charge >= 0.3 is 0 Å². The number of rotatable bonds is 4. The number of hydrogen-bond donors (Lipinski definition) is 0. The van der Waals surface area contributed by atoms with E-state index in [1.165, 1.54) is 0 Å². The summed E-state index contributed by atoms with van der Waals surface area (Å²) in [5.41, 5.74) is 0.718. The van der Waals surface area contributed by atoms with Gasteiger partial charge in [0.2, 0.25) is 0 Å². The van der Waals surface area contributed by atoms with E-state index in [9.17, 15) is 0 Å². The van der Waals surface area contributed by atoms with Crippen LogP contribution < -0.4 is 0 Å². The molecule has 0 bridgehead atoms. The normalized spacial score (nSPS) is 12.4. The zero-order valence-electron chi connectivity index (χ0n) is 6.74. The Kier molecular flexibility index (Phi) is 3.85. The van der Waals surface area contributed by atoms with Crippen LogP contribution in [-0.2, 0) is 11.3 Å². The summed E-state index contributed by atoms with van der Waals surface area (Å²) in [5, 5.41) is 0. The van der Waals surface area contributed by atoms with Crippen LogP contribution >= 0.6 is 11.6 Å². The molecule has 2 heteroatoms. The van der Waals surface area contributed by atoms with Crippen molar-refractivity contribution in [3.05, 3.63) is 48.6 Å². The highest BCUT2D eigenvalue weighted by Gasteiger charge is 1.97. The van der Waals surface area contributed by atoms with Gasteiger partial charge in [0.15, 0.2) is 0 Å². The zero-order valence-corrected chi connectivity index (χ0v) is 7.50. The summed E-state index contributed by atoms with van der Waals surface area (Å²) in [6.45, 7) is 4.04. The van der Waals surface area contributed by atoms with E-state index in [0.29, 0.717) is 6.61 Å². The minimum atomic E-state index is -0.398. The van der Waals surface area contributed by atoms with Crippen LogP contribution in [0.4, 0.5) is 0 Å². The Morgan fingerprint density at radius 3 is 2.67 bits per heavy atom. The Labute approximate surface area is 77.6 Å². The van der Waals surface area contributed by atoms with Crippen LogP contribution in [0.5, 0.6) is 0 Å². The SMILES string of the molecule is C=CC(Cl)OCc1ccccc1. The van der Waals surface area contributed by atoms with Gasteiger partial charge in [-0.1, -0.05) is 48.5 Å². The van der Waals surface area contributed by atoms with Gasteiger partial charge in [-0.2, -0.15) is 0 Å². The summed E-state index contributed by atoms with van der Waals surface area (Å²) in [6.07, 6.45) is 1.56. The first kappa shape index (κ1) is 9.30. The first-order chi connectivity index (χ1) is 5.83. The third-order valence-corrected chi connectivity index (χ3v) is 1.74. The van der Waals surface area contributed by atoms with Crippen molar-refractivity contribution in [3.63, 3.8) is 0 Å². The highest BCUT2D eigenvalue weighted by atomic mass is 35.5. The second kappa shape index (κ2) is 4.96. The minimum absolute atomic E-state index is 0.398. The molecule has 1 unspecified atom stereocenters. The van der Waals surface area contributed by atoms with Crippen molar-refractivity contribution in [2.75, 3.05) is 0 Å². The van der Waals surface area contributed by atoms with Crippen LogP contribution in [0.25, 0.3) is 0 Å². The molecule has 0 radical (unpaired) electrons. The molecule has 1 aromatic carbocycles. The molecule has 0 amide bonds. The molecule has 0 aliphatic carbocycles. The fraction of sp³-hybridized carbons (Fsp3) is 0.200. The van der Waals surface area contributed by atoms with Crippen molar-refractivity contribution >= 4 is 11.6 Å². The van der Waals surface area contributed by atoms with Crippen molar-refractivity contribution < 1.29 is 4.74 Å². The lowest BCUT2D eigenvalue weighted by atomic mass is 10.2. The monoisotopic (exact) mass is 182 g/mol. The van der Waals surface area contributed by atoms with E-state index >= 15 is 0 Å². The number of benzene rings is 1. The molecule has 0 N–H and O–H groups in total. The van der Waals surface area contributed by atoms with Crippen LogP contribution in [0, 0.1) is 0 Å². The Balaban J connectivity index is 2.38.